The summed E-state index contributed by atoms with van der Waals surface area (Å²) in [6.07, 6.45) is 7.35. The summed E-state index contributed by atoms with van der Waals surface area (Å²) in [4.78, 5) is 17.5. The van der Waals surface area contributed by atoms with Gasteiger partial charge in [-0.3, -0.25) is 4.79 Å². The zero-order chi connectivity index (χ0) is 35.4. The maximum Gasteiger partial charge on any atom is 0.195 e. The number of rotatable bonds is 8. The number of allylic oxidation sites excluding steroid dienone is 2. The molecule has 9 heteroatoms. The molecule has 3 heterocycles. The van der Waals surface area contributed by atoms with Gasteiger partial charge in [-0.15, -0.1) is 0 Å². The van der Waals surface area contributed by atoms with E-state index in [-0.39, 0.29) is 88.4 Å². The number of aromatic nitrogens is 1. The van der Waals surface area contributed by atoms with Crippen LogP contribution in [0.3, 0.4) is 0 Å². The van der Waals surface area contributed by atoms with Crippen molar-refractivity contribution in [1.82, 2.24) is 4.98 Å². The number of methoxy groups -OCH3 is 3. The number of ketones is 1. The predicted octanol–water partition coefficient (Wildman–Crippen LogP) is 8.14. The van der Waals surface area contributed by atoms with Crippen LogP contribution >= 0.6 is 0 Å². The number of Topliss-reactive ketones (excluding diaryl/α,β-unsaturated/α-hetero) is 1. The molecule has 0 radical (unpaired) electrons. The van der Waals surface area contributed by atoms with Crippen LogP contribution in [-0.2, 0) is 14.2 Å². The minimum atomic E-state index is -0.765. The van der Waals surface area contributed by atoms with Crippen LogP contribution in [0.1, 0.15) is 101 Å². The van der Waals surface area contributed by atoms with E-state index in [0.29, 0.717) is 6.42 Å². The highest BCUT2D eigenvalue weighted by Gasteiger charge is 2.54. The summed E-state index contributed by atoms with van der Waals surface area (Å²) in [5, 5.41) is 21.4. The van der Waals surface area contributed by atoms with Crippen molar-refractivity contribution in [3.05, 3.63) is 46.7 Å². The fourth-order valence-electron chi connectivity index (χ4n) is 9.91. The Morgan fingerprint density at radius 3 is 2.27 bits per heavy atom. The number of fused-ring (bicyclic) bond motifs is 1. The van der Waals surface area contributed by atoms with Crippen molar-refractivity contribution in [2.24, 2.45) is 47.3 Å². The van der Waals surface area contributed by atoms with Gasteiger partial charge >= 0.3 is 0 Å². The second kappa shape index (κ2) is 14.0. The number of carbonyl (C=O) groups is 1. The lowest BCUT2D eigenvalue weighted by Gasteiger charge is -2.54. The quantitative estimate of drug-likeness (QED) is 0.189. The molecule has 2 aliphatic carbocycles. The Balaban J connectivity index is 1.34. The van der Waals surface area contributed by atoms with Crippen LogP contribution in [0.4, 0.5) is 0 Å². The van der Waals surface area contributed by atoms with E-state index in [1.165, 1.54) is 5.57 Å². The van der Waals surface area contributed by atoms with Crippen LogP contribution in [-0.4, -0.2) is 60.3 Å². The number of H-pyrrole nitrogens is 1. The molecule has 0 amide bonds. The summed E-state index contributed by atoms with van der Waals surface area (Å²) in [6.45, 7) is 12.7. The predicted molar refractivity (Wildman–Crippen MR) is 187 cm³/mol. The van der Waals surface area contributed by atoms with E-state index < -0.39 is 11.7 Å². The third-order valence-electron chi connectivity index (χ3n) is 12.9. The average Bonchev–Trinajstić information content (AvgIpc) is 3.35. The number of hydrogen-bond donors (Lipinski definition) is 3. The molecule has 2 aromatic rings. The van der Waals surface area contributed by atoms with Crippen molar-refractivity contribution in [2.45, 2.75) is 104 Å². The lowest BCUT2D eigenvalue weighted by atomic mass is 9.56. The van der Waals surface area contributed by atoms with Crippen LogP contribution in [0.25, 0.3) is 0 Å². The highest BCUT2D eigenvalue weighted by molar-refractivity contribution is 6.00. The normalized spacial score (nSPS) is 37.7. The Bertz CT molecular complexity index is 1530. The van der Waals surface area contributed by atoms with Crippen LogP contribution in [0.5, 0.6) is 23.1 Å². The smallest absolute Gasteiger partial charge is 0.195 e. The summed E-state index contributed by atoms with van der Waals surface area (Å²) in [6, 6.07) is 5.95. The minimum absolute atomic E-state index is 0.0241. The molecule has 1 spiro atoms. The van der Waals surface area contributed by atoms with Crippen molar-refractivity contribution in [3.8, 4) is 23.1 Å². The first-order chi connectivity index (χ1) is 23.3. The van der Waals surface area contributed by atoms with Gasteiger partial charge in [0.2, 0.25) is 0 Å². The number of carbonyl (C=O) groups excluding carboxylic acids is 1. The van der Waals surface area contributed by atoms with Crippen LogP contribution < -0.4 is 9.47 Å². The van der Waals surface area contributed by atoms with E-state index in [0.717, 1.165) is 49.2 Å². The van der Waals surface area contributed by atoms with E-state index in [4.69, 9.17) is 23.7 Å². The number of hydrogen-bond acceptors (Lipinski definition) is 8. The molecular weight excluding hydrogens is 622 g/mol. The lowest BCUT2D eigenvalue weighted by Crippen LogP contribution is -2.56. The van der Waals surface area contributed by atoms with E-state index >= 15 is 0 Å². The molecule has 9 nitrogen and oxygen atoms in total. The molecule has 2 saturated heterocycles. The van der Waals surface area contributed by atoms with E-state index in [1.54, 1.807) is 28.3 Å². The van der Waals surface area contributed by atoms with E-state index in [2.05, 4.69) is 45.7 Å². The summed E-state index contributed by atoms with van der Waals surface area (Å²) < 4.78 is 31.5. The molecule has 0 bridgehead atoms. The lowest BCUT2D eigenvalue weighted by molar-refractivity contribution is -0.356. The SMILES string of the molecule is COc1cc(OC)cc(C2OC3(CCC2C)OC(CC2C(C)=CC4CCC(OC)C(C)C4C2C(=O)c2[nH]c(O)c(C)c2O)C(C)CC3C)c1. The Morgan fingerprint density at radius 2 is 1.65 bits per heavy atom. The Morgan fingerprint density at radius 1 is 0.959 bits per heavy atom. The molecule has 3 N–H and O–H groups in total. The van der Waals surface area contributed by atoms with Crippen molar-refractivity contribution >= 4 is 5.78 Å². The van der Waals surface area contributed by atoms with Crippen molar-refractivity contribution in [3.63, 3.8) is 0 Å². The zero-order valence-electron chi connectivity index (χ0n) is 30.7. The molecule has 12 atom stereocenters. The first-order valence-corrected chi connectivity index (χ1v) is 18.3. The number of ether oxygens (including phenoxy) is 5. The van der Waals surface area contributed by atoms with E-state index in [1.807, 2.05) is 18.2 Å². The third kappa shape index (κ3) is 6.40. The first-order valence-electron chi connectivity index (χ1n) is 18.3. The van der Waals surface area contributed by atoms with Gasteiger partial charge in [-0.05, 0) is 99.2 Å². The van der Waals surface area contributed by atoms with E-state index in [9.17, 15) is 15.0 Å². The van der Waals surface area contributed by atoms with Crippen LogP contribution in [0.2, 0.25) is 0 Å². The number of nitrogens with one attached hydrogen (secondary N) is 1. The molecule has 3 fully saturated rings. The van der Waals surface area contributed by atoms with Crippen LogP contribution in [0, 0.1) is 54.3 Å². The second-order valence-corrected chi connectivity index (χ2v) is 15.7. The van der Waals surface area contributed by atoms with Crippen molar-refractivity contribution < 1.29 is 38.7 Å². The van der Waals surface area contributed by atoms with Gasteiger partial charge in [0.25, 0.3) is 0 Å². The standard InChI is InChI=1S/C40H57NO8/c1-20-12-13-40(49-38(20)27-16-28(45-7)18-29(17-27)46-8)23(4)14-22(3)32(48-40)19-30-21(2)15-26-10-11-31(47-9)24(5)33(26)34(30)37(43)35-36(42)25(6)39(44)41-35/h15-18,20,22-24,26,30-34,38,41-42,44H,10-14,19H2,1-9H3. The molecule has 1 saturated carbocycles. The Hall–Kier alpha value is -3.01. The monoisotopic (exact) mass is 679 g/mol. The number of aromatic hydroxyl groups is 2. The van der Waals surface area contributed by atoms with Gasteiger partial charge in [0, 0.05) is 31.4 Å². The molecule has 12 unspecified atom stereocenters. The summed E-state index contributed by atoms with van der Waals surface area (Å²) >= 11 is 0. The van der Waals surface area contributed by atoms with Gasteiger partial charge in [-0.25, -0.2) is 0 Å². The minimum Gasteiger partial charge on any atom is -0.505 e. The highest BCUT2D eigenvalue weighted by Crippen LogP contribution is 2.55. The first kappa shape index (κ1) is 35.8. The molecule has 2 aliphatic heterocycles. The average molecular weight is 680 g/mol. The summed E-state index contributed by atoms with van der Waals surface area (Å²) in [5.41, 5.74) is 2.59. The summed E-state index contributed by atoms with van der Waals surface area (Å²) in [5.74, 6) is 0.758. The maximum atomic E-state index is 14.7. The maximum absolute atomic E-state index is 14.7. The van der Waals surface area contributed by atoms with Crippen LogP contribution in [0.15, 0.2) is 29.8 Å². The molecule has 1 aromatic heterocycles. The number of aromatic amines is 1. The number of benzene rings is 1. The molecule has 6 rings (SSSR count). The van der Waals surface area contributed by atoms with Gasteiger partial charge in [0.05, 0.1) is 38.1 Å². The fourth-order valence-corrected chi connectivity index (χ4v) is 9.91. The van der Waals surface area contributed by atoms with Gasteiger partial charge < -0.3 is 38.9 Å². The highest BCUT2D eigenvalue weighted by atomic mass is 16.7. The fraction of sp³-hybridized carbons (Fsp3) is 0.675. The largest absolute Gasteiger partial charge is 0.505 e. The second-order valence-electron chi connectivity index (χ2n) is 15.7. The van der Waals surface area contributed by atoms with Gasteiger partial charge in [-0.1, -0.05) is 39.3 Å². The van der Waals surface area contributed by atoms with Gasteiger partial charge in [0.15, 0.2) is 23.2 Å². The van der Waals surface area contributed by atoms with Gasteiger partial charge in [0.1, 0.15) is 17.2 Å². The zero-order valence-corrected chi connectivity index (χ0v) is 30.7. The van der Waals surface area contributed by atoms with Crippen molar-refractivity contribution in [1.29, 1.82) is 0 Å². The summed E-state index contributed by atoms with van der Waals surface area (Å²) in [7, 11) is 5.09. The third-order valence-corrected chi connectivity index (χ3v) is 12.9. The molecule has 4 aliphatic rings. The topological polar surface area (TPSA) is 119 Å². The molecular formula is C40H57NO8. The van der Waals surface area contributed by atoms with Crippen molar-refractivity contribution in [2.75, 3.05) is 21.3 Å². The van der Waals surface area contributed by atoms with Gasteiger partial charge in [-0.2, -0.15) is 0 Å². The molecule has 270 valence electrons. The Kier molecular flexibility index (Phi) is 10.2. The molecule has 49 heavy (non-hydrogen) atoms. The molecule has 1 aromatic carbocycles. The Labute approximate surface area is 291 Å².